The summed E-state index contributed by atoms with van der Waals surface area (Å²) < 4.78 is 11.6. The Morgan fingerprint density at radius 2 is 1.88 bits per heavy atom. The standard InChI is InChI=1S/C14H29NO2/c1-11-6-7-12(15-5)13(10-11)16-8-9-17-14(2,3)4/h11-13,15H,6-10H2,1-5H3. The maximum Gasteiger partial charge on any atom is 0.0731 e. The van der Waals surface area contributed by atoms with Gasteiger partial charge in [-0.3, -0.25) is 0 Å². The van der Waals surface area contributed by atoms with Gasteiger partial charge in [-0.1, -0.05) is 6.92 Å². The molecule has 0 aromatic rings. The van der Waals surface area contributed by atoms with Gasteiger partial charge in [-0.05, 0) is 53.0 Å². The monoisotopic (exact) mass is 243 g/mol. The summed E-state index contributed by atoms with van der Waals surface area (Å²) in [6, 6.07) is 0.515. The molecule has 0 amide bonds. The van der Waals surface area contributed by atoms with Crippen LogP contribution in [0.15, 0.2) is 0 Å². The van der Waals surface area contributed by atoms with Crippen LogP contribution in [0.3, 0.4) is 0 Å². The van der Waals surface area contributed by atoms with Crippen molar-refractivity contribution >= 4 is 0 Å². The van der Waals surface area contributed by atoms with E-state index in [0.29, 0.717) is 25.4 Å². The molecule has 17 heavy (non-hydrogen) atoms. The quantitative estimate of drug-likeness (QED) is 0.753. The van der Waals surface area contributed by atoms with Crippen LogP contribution in [0.25, 0.3) is 0 Å². The average molecular weight is 243 g/mol. The van der Waals surface area contributed by atoms with Crippen molar-refractivity contribution in [3.8, 4) is 0 Å². The van der Waals surface area contributed by atoms with Crippen LogP contribution >= 0.6 is 0 Å². The minimum atomic E-state index is -0.0639. The first kappa shape index (κ1) is 14.9. The number of hydrogen-bond donors (Lipinski definition) is 1. The Hall–Kier alpha value is -0.120. The average Bonchev–Trinajstić information content (AvgIpc) is 2.23. The van der Waals surface area contributed by atoms with E-state index in [9.17, 15) is 0 Å². The minimum Gasteiger partial charge on any atom is -0.374 e. The summed E-state index contributed by atoms with van der Waals surface area (Å²) in [6.07, 6.45) is 4.06. The summed E-state index contributed by atoms with van der Waals surface area (Å²) in [4.78, 5) is 0. The van der Waals surface area contributed by atoms with E-state index in [0.717, 1.165) is 5.92 Å². The molecule has 0 aromatic heterocycles. The Morgan fingerprint density at radius 3 is 2.47 bits per heavy atom. The molecule has 3 atom stereocenters. The molecule has 0 bridgehead atoms. The summed E-state index contributed by atoms with van der Waals surface area (Å²) >= 11 is 0. The van der Waals surface area contributed by atoms with Crippen molar-refractivity contribution in [1.82, 2.24) is 5.32 Å². The van der Waals surface area contributed by atoms with E-state index in [2.05, 4.69) is 33.0 Å². The fourth-order valence-electron chi connectivity index (χ4n) is 2.39. The number of likely N-dealkylation sites (N-methyl/N-ethyl adjacent to an activating group) is 1. The van der Waals surface area contributed by atoms with Crippen molar-refractivity contribution in [2.75, 3.05) is 20.3 Å². The molecule has 1 saturated carbocycles. The molecule has 0 radical (unpaired) electrons. The molecule has 0 heterocycles. The van der Waals surface area contributed by atoms with Crippen LogP contribution in [0.1, 0.15) is 47.0 Å². The van der Waals surface area contributed by atoms with Gasteiger partial charge in [0, 0.05) is 6.04 Å². The number of nitrogens with one attached hydrogen (secondary N) is 1. The van der Waals surface area contributed by atoms with Gasteiger partial charge in [-0.2, -0.15) is 0 Å². The zero-order valence-corrected chi connectivity index (χ0v) is 12.1. The third kappa shape index (κ3) is 5.84. The highest BCUT2D eigenvalue weighted by Gasteiger charge is 2.28. The van der Waals surface area contributed by atoms with Gasteiger partial charge in [0.15, 0.2) is 0 Å². The van der Waals surface area contributed by atoms with Crippen molar-refractivity contribution in [3.63, 3.8) is 0 Å². The zero-order chi connectivity index (χ0) is 12.9. The zero-order valence-electron chi connectivity index (χ0n) is 12.1. The molecule has 1 aliphatic rings. The fourth-order valence-corrected chi connectivity index (χ4v) is 2.39. The molecule has 1 aliphatic carbocycles. The van der Waals surface area contributed by atoms with Gasteiger partial charge in [0.05, 0.1) is 24.9 Å². The first-order chi connectivity index (χ1) is 7.92. The molecule has 0 aliphatic heterocycles. The Morgan fingerprint density at radius 1 is 1.18 bits per heavy atom. The molecule has 0 spiro atoms. The highest BCUT2D eigenvalue weighted by molar-refractivity contribution is 4.83. The summed E-state index contributed by atoms with van der Waals surface area (Å²) in [5.41, 5.74) is -0.0639. The van der Waals surface area contributed by atoms with E-state index in [1.807, 2.05) is 7.05 Å². The third-order valence-corrected chi connectivity index (χ3v) is 3.38. The van der Waals surface area contributed by atoms with Gasteiger partial charge in [-0.25, -0.2) is 0 Å². The second-order valence-corrected chi connectivity index (χ2v) is 6.18. The normalized spacial score (nSPS) is 30.5. The van der Waals surface area contributed by atoms with E-state index in [1.54, 1.807) is 0 Å². The topological polar surface area (TPSA) is 30.5 Å². The van der Waals surface area contributed by atoms with E-state index in [4.69, 9.17) is 9.47 Å². The Kier molecular flexibility index (Phi) is 5.90. The van der Waals surface area contributed by atoms with E-state index >= 15 is 0 Å². The van der Waals surface area contributed by atoms with Gasteiger partial charge in [-0.15, -0.1) is 0 Å². The molecule has 0 saturated heterocycles. The van der Waals surface area contributed by atoms with Crippen molar-refractivity contribution in [1.29, 1.82) is 0 Å². The second-order valence-electron chi connectivity index (χ2n) is 6.18. The van der Waals surface area contributed by atoms with E-state index in [-0.39, 0.29) is 5.60 Å². The maximum absolute atomic E-state index is 5.96. The summed E-state index contributed by atoms with van der Waals surface area (Å²) in [5.74, 6) is 0.785. The van der Waals surface area contributed by atoms with Crippen molar-refractivity contribution in [2.24, 2.45) is 5.92 Å². The largest absolute Gasteiger partial charge is 0.374 e. The lowest BCUT2D eigenvalue weighted by molar-refractivity contribution is -0.0683. The Bertz CT molecular complexity index is 213. The summed E-state index contributed by atoms with van der Waals surface area (Å²) in [5, 5.41) is 3.37. The smallest absolute Gasteiger partial charge is 0.0731 e. The maximum atomic E-state index is 5.96. The highest BCUT2D eigenvalue weighted by Crippen LogP contribution is 2.26. The first-order valence-electron chi connectivity index (χ1n) is 6.85. The van der Waals surface area contributed by atoms with Crippen LogP contribution < -0.4 is 5.32 Å². The molecule has 1 fully saturated rings. The van der Waals surface area contributed by atoms with Gasteiger partial charge in [0.1, 0.15) is 0 Å². The van der Waals surface area contributed by atoms with Crippen molar-refractivity contribution in [3.05, 3.63) is 0 Å². The summed E-state index contributed by atoms with van der Waals surface area (Å²) in [6.45, 7) is 9.93. The molecule has 0 aromatic carbocycles. The molecule has 3 heteroatoms. The molecule has 3 unspecified atom stereocenters. The molecule has 1 rings (SSSR count). The number of ether oxygens (including phenoxy) is 2. The van der Waals surface area contributed by atoms with Gasteiger partial charge >= 0.3 is 0 Å². The van der Waals surface area contributed by atoms with E-state index in [1.165, 1.54) is 19.3 Å². The van der Waals surface area contributed by atoms with Crippen LogP contribution in [0.4, 0.5) is 0 Å². The lowest BCUT2D eigenvalue weighted by atomic mass is 9.85. The molecular formula is C14H29NO2. The lowest BCUT2D eigenvalue weighted by Gasteiger charge is -2.34. The minimum absolute atomic E-state index is 0.0639. The van der Waals surface area contributed by atoms with Crippen LogP contribution in [-0.2, 0) is 9.47 Å². The molecule has 102 valence electrons. The third-order valence-electron chi connectivity index (χ3n) is 3.38. The van der Waals surface area contributed by atoms with Crippen LogP contribution in [0.2, 0.25) is 0 Å². The van der Waals surface area contributed by atoms with E-state index < -0.39 is 0 Å². The predicted octanol–water partition coefficient (Wildman–Crippen LogP) is 2.59. The van der Waals surface area contributed by atoms with Crippen LogP contribution in [-0.4, -0.2) is 38.0 Å². The fraction of sp³-hybridized carbons (Fsp3) is 1.00. The highest BCUT2D eigenvalue weighted by atomic mass is 16.5. The Balaban J connectivity index is 2.23. The lowest BCUT2D eigenvalue weighted by Crippen LogP contribution is -2.44. The Labute approximate surface area is 106 Å². The van der Waals surface area contributed by atoms with Crippen LogP contribution in [0, 0.1) is 5.92 Å². The second kappa shape index (κ2) is 6.72. The molecule has 3 nitrogen and oxygen atoms in total. The molecule has 1 N–H and O–H groups in total. The van der Waals surface area contributed by atoms with Gasteiger partial charge in [0.2, 0.25) is 0 Å². The first-order valence-corrected chi connectivity index (χ1v) is 6.85. The number of hydrogen-bond acceptors (Lipinski definition) is 3. The van der Waals surface area contributed by atoms with Gasteiger partial charge in [0.25, 0.3) is 0 Å². The van der Waals surface area contributed by atoms with Gasteiger partial charge < -0.3 is 14.8 Å². The number of rotatable bonds is 5. The van der Waals surface area contributed by atoms with Crippen molar-refractivity contribution < 1.29 is 9.47 Å². The predicted molar refractivity (Wildman–Crippen MR) is 71.3 cm³/mol. The van der Waals surface area contributed by atoms with Crippen LogP contribution in [0.5, 0.6) is 0 Å². The van der Waals surface area contributed by atoms with Crippen molar-refractivity contribution in [2.45, 2.75) is 64.7 Å². The molecular weight excluding hydrogens is 214 g/mol. The SMILES string of the molecule is CNC1CCC(C)CC1OCCOC(C)(C)C. The summed E-state index contributed by atoms with van der Waals surface area (Å²) in [7, 11) is 2.03.